The Hall–Kier alpha value is -0.0500. The molecular weight excluding hydrogens is 346 g/mol. The minimum Gasteiger partial charge on any atom is -0.313 e. The molecule has 1 N–H and O–H groups in total. The summed E-state index contributed by atoms with van der Waals surface area (Å²) in [6.45, 7) is 5.72. The van der Waals surface area contributed by atoms with E-state index in [4.69, 9.17) is 11.6 Å². The van der Waals surface area contributed by atoms with Gasteiger partial charge in [-0.2, -0.15) is 0 Å². The van der Waals surface area contributed by atoms with Crippen molar-refractivity contribution in [2.75, 3.05) is 6.54 Å². The van der Waals surface area contributed by atoms with E-state index in [1.807, 2.05) is 6.07 Å². The zero-order valence-electron chi connectivity index (χ0n) is 13.2. The van der Waals surface area contributed by atoms with E-state index >= 15 is 0 Å². The molecule has 0 saturated heterocycles. The van der Waals surface area contributed by atoms with E-state index in [1.54, 1.807) is 0 Å². The summed E-state index contributed by atoms with van der Waals surface area (Å²) in [5.41, 5.74) is 1.27. The second-order valence-electron chi connectivity index (χ2n) is 6.52. The second kappa shape index (κ2) is 8.55. The van der Waals surface area contributed by atoms with E-state index in [0.717, 1.165) is 34.3 Å². The first kappa shape index (κ1) is 17.3. The standard InChI is InChI=1S/C18H27BrClN/c1-3-10-21-18(14-6-4-13(2)5-7-14)11-15-8-9-16(19)12-17(15)20/h8-9,12-14,18,21H,3-7,10-11H2,1-2H3. The zero-order valence-corrected chi connectivity index (χ0v) is 15.5. The molecule has 1 atom stereocenters. The lowest BCUT2D eigenvalue weighted by atomic mass is 9.77. The van der Waals surface area contributed by atoms with E-state index in [0.29, 0.717) is 6.04 Å². The molecule has 0 radical (unpaired) electrons. The van der Waals surface area contributed by atoms with E-state index in [1.165, 1.54) is 37.7 Å². The maximum absolute atomic E-state index is 6.41. The molecule has 0 spiro atoms. The summed E-state index contributed by atoms with van der Waals surface area (Å²) in [6.07, 6.45) is 7.71. The molecule has 1 saturated carbocycles. The van der Waals surface area contributed by atoms with Crippen LogP contribution in [0.4, 0.5) is 0 Å². The fourth-order valence-corrected chi connectivity index (χ4v) is 4.10. The molecule has 21 heavy (non-hydrogen) atoms. The molecule has 1 aliphatic rings. The Morgan fingerprint density at radius 1 is 1.29 bits per heavy atom. The molecule has 1 unspecified atom stereocenters. The van der Waals surface area contributed by atoms with Crippen LogP contribution in [-0.2, 0) is 6.42 Å². The predicted molar refractivity (Wildman–Crippen MR) is 96.1 cm³/mol. The first-order valence-corrected chi connectivity index (χ1v) is 9.44. The van der Waals surface area contributed by atoms with E-state index in [-0.39, 0.29) is 0 Å². The molecule has 1 aliphatic carbocycles. The zero-order chi connectivity index (χ0) is 15.2. The molecule has 0 heterocycles. The molecule has 1 aromatic rings. The lowest BCUT2D eigenvalue weighted by Crippen LogP contribution is -2.40. The Kier molecular flexibility index (Phi) is 7.04. The van der Waals surface area contributed by atoms with Gasteiger partial charge in [0.05, 0.1) is 0 Å². The summed E-state index contributed by atoms with van der Waals surface area (Å²) >= 11 is 9.90. The van der Waals surface area contributed by atoms with Crippen LogP contribution in [0.1, 0.15) is 51.5 Å². The Morgan fingerprint density at radius 2 is 2.00 bits per heavy atom. The molecular formula is C18H27BrClN. The van der Waals surface area contributed by atoms with Gasteiger partial charge in [-0.05, 0) is 61.8 Å². The average Bonchev–Trinajstić information content (AvgIpc) is 2.46. The third-order valence-electron chi connectivity index (χ3n) is 4.74. The quantitative estimate of drug-likeness (QED) is 0.661. The molecule has 118 valence electrons. The van der Waals surface area contributed by atoms with Crippen molar-refractivity contribution >= 4 is 27.5 Å². The lowest BCUT2D eigenvalue weighted by molar-refractivity contribution is 0.229. The Bertz CT molecular complexity index is 441. The highest BCUT2D eigenvalue weighted by Gasteiger charge is 2.26. The third-order valence-corrected chi connectivity index (χ3v) is 5.59. The highest BCUT2D eigenvalue weighted by molar-refractivity contribution is 9.10. The van der Waals surface area contributed by atoms with Gasteiger partial charge in [-0.1, -0.05) is 60.3 Å². The van der Waals surface area contributed by atoms with Crippen LogP contribution in [0.5, 0.6) is 0 Å². The van der Waals surface area contributed by atoms with Crippen molar-refractivity contribution < 1.29 is 0 Å². The molecule has 2 rings (SSSR count). The van der Waals surface area contributed by atoms with Crippen LogP contribution in [0.2, 0.25) is 5.02 Å². The number of hydrogen-bond acceptors (Lipinski definition) is 1. The Labute approximate surface area is 143 Å². The van der Waals surface area contributed by atoms with Crippen molar-refractivity contribution in [3.8, 4) is 0 Å². The van der Waals surface area contributed by atoms with Crippen LogP contribution in [0.25, 0.3) is 0 Å². The number of nitrogens with one attached hydrogen (secondary N) is 1. The van der Waals surface area contributed by atoms with E-state index < -0.39 is 0 Å². The fraction of sp³-hybridized carbons (Fsp3) is 0.667. The van der Waals surface area contributed by atoms with Gasteiger partial charge in [0.15, 0.2) is 0 Å². The van der Waals surface area contributed by atoms with Crippen molar-refractivity contribution in [3.05, 3.63) is 33.3 Å². The Balaban J connectivity index is 2.04. The van der Waals surface area contributed by atoms with Gasteiger partial charge in [-0.15, -0.1) is 0 Å². The maximum atomic E-state index is 6.41. The molecule has 1 aromatic carbocycles. The largest absolute Gasteiger partial charge is 0.313 e. The fourth-order valence-electron chi connectivity index (χ4n) is 3.35. The first-order chi connectivity index (χ1) is 10.1. The molecule has 0 amide bonds. The van der Waals surface area contributed by atoms with Crippen LogP contribution in [0.15, 0.2) is 22.7 Å². The van der Waals surface area contributed by atoms with Gasteiger partial charge in [-0.3, -0.25) is 0 Å². The summed E-state index contributed by atoms with van der Waals surface area (Å²) in [6, 6.07) is 6.84. The topological polar surface area (TPSA) is 12.0 Å². The minimum absolute atomic E-state index is 0.566. The van der Waals surface area contributed by atoms with Crippen LogP contribution in [-0.4, -0.2) is 12.6 Å². The molecule has 0 aromatic heterocycles. The number of benzene rings is 1. The summed E-state index contributed by atoms with van der Waals surface area (Å²) < 4.78 is 1.06. The van der Waals surface area contributed by atoms with Gasteiger partial charge in [0.1, 0.15) is 0 Å². The van der Waals surface area contributed by atoms with Crippen LogP contribution in [0.3, 0.4) is 0 Å². The molecule has 3 heteroatoms. The van der Waals surface area contributed by atoms with E-state index in [9.17, 15) is 0 Å². The third kappa shape index (κ3) is 5.26. The first-order valence-electron chi connectivity index (χ1n) is 8.27. The summed E-state index contributed by atoms with van der Waals surface area (Å²) in [4.78, 5) is 0. The number of halogens is 2. The Morgan fingerprint density at radius 3 is 2.62 bits per heavy atom. The van der Waals surface area contributed by atoms with Gasteiger partial charge < -0.3 is 5.32 Å². The average molecular weight is 373 g/mol. The van der Waals surface area contributed by atoms with Gasteiger partial charge in [-0.25, -0.2) is 0 Å². The highest BCUT2D eigenvalue weighted by Crippen LogP contribution is 2.32. The van der Waals surface area contributed by atoms with Crippen molar-refractivity contribution in [1.82, 2.24) is 5.32 Å². The molecule has 1 nitrogen and oxygen atoms in total. The van der Waals surface area contributed by atoms with Crippen LogP contribution >= 0.6 is 27.5 Å². The minimum atomic E-state index is 0.566. The van der Waals surface area contributed by atoms with Crippen molar-refractivity contribution in [3.63, 3.8) is 0 Å². The number of hydrogen-bond donors (Lipinski definition) is 1. The maximum Gasteiger partial charge on any atom is 0.0449 e. The summed E-state index contributed by atoms with van der Waals surface area (Å²) in [5, 5.41) is 4.66. The van der Waals surface area contributed by atoms with Gasteiger partial charge in [0.2, 0.25) is 0 Å². The molecule has 0 aliphatic heterocycles. The lowest BCUT2D eigenvalue weighted by Gasteiger charge is -2.33. The van der Waals surface area contributed by atoms with Crippen LogP contribution in [0, 0.1) is 11.8 Å². The van der Waals surface area contributed by atoms with Crippen molar-refractivity contribution in [2.24, 2.45) is 11.8 Å². The summed E-state index contributed by atoms with van der Waals surface area (Å²) in [7, 11) is 0. The normalized spacial score (nSPS) is 24.0. The van der Waals surface area contributed by atoms with Gasteiger partial charge in [0, 0.05) is 15.5 Å². The van der Waals surface area contributed by atoms with Gasteiger partial charge in [0.25, 0.3) is 0 Å². The molecule has 1 fully saturated rings. The van der Waals surface area contributed by atoms with Gasteiger partial charge >= 0.3 is 0 Å². The van der Waals surface area contributed by atoms with Crippen molar-refractivity contribution in [1.29, 1.82) is 0 Å². The molecule has 0 bridgehead atoms. The second-order valence-corrected chi connectivity index (χ2v) is 7.84. The predicted octanol–water partition coefficient (Wildman–Crippen LogP) is 5.84. The summed E-state index contributed by atoms with van der Waals surface area (Å²) in [5.74, 6) is 1.71. The number of rotatable bonds is 6. The smallest absolute Gasteiger partial charge is 0.0449 e. The monoisotopic (exact) mass is 371 g/mol. The van der Waals surface area contributed by atoms with Crippen molar-refractivity contribution in [2.45, 2.75) is 58.4 Å². The van der Waals surface area contributed by atoms with Crippen LogP contribution < -0.4 is 5.32 Å². The highest BCUT2D eigenvalue weighted by atomic mass is 79.9. The van der Waals surface area contributed by atoms with E-state index in [2.05, 4.69) is 47.2 Å². The SMILES string of the molecule is CCCNC(Cc1ccc(Br)cc1Cl)C1CCC(C)CC1.